The first-order valence-electron chi connectivity index (χ1n) is 6.93. The van der Waals surface area contributed by atoms with Gasteiger partial charge in [-0.15, -0.1) is 0 Å². The van der Waals surface area contributed by atoms with Gasteiger partial charge in [0, 0.05) is 36.1 Å². The van der Waals surface area contributed by atoms with E-state index in [0.29, 0.717) is 30.2 Å². The average molecular weight is 313 g/mol. The van der Waals surface area contributed by atoms with Crippen LogP contribution in [0.25, 0.3) is 0 Å². The van der Waals surface area contributed by atoms with Crippen LogP contribution >= 0.6 is 11.6 Å². The number of ether oxygens (including phenoxy) is 1. The topological polar surface area (TPSA) is 75.8 Å². The van der Waals surface area contributed by atoms with Crippen LogP contribution in [-0.2, 0) is 11.3 Å². The molecule has 1 aromatic rings. The van der Waals surface area contributed by atoms with Gasteiger partial charge in [-0.3, -0.25) is 4.79 Å². The minimum absolute atomic E-state index is 0.0102. The third-order valence-corrected chi connectivity index (χ3v) is 4.19. The van der Waals surface area contributed by atoms with Gasteiger partial charge in [0.15, 0.2) is 0 Å². The monoisotopic (exact) mass is 312 g/mol. The normalized spacial score (nSPS) is 24.9. The molecule has 2 rings (SSSR count). The first-order chi connectivity index (χ1) is 9.92. The summed E-state index contributed by atoms with van der Waals surface area (Å²) in [7, 11) is 3.32. The molecule has 21 heavy (non-hydrogen) atoms. The lowest BCUT2D eigenvalue weighted by molar-refractivity contribution is -0.134. The van der Waals surface area contributed by atoms with Gasteiger partial charge >= 0.3 is 0 Å². The van der Waals surface area contributed by atoms with Crippen molar-refractivity contribution in [3.05, 3.63) is 28.8 Å². The first-order valence-corrected chi connectivity index (χ1v) is 7.31. The van der Waals surface area contributed by atoms with Crippen LogP contribution in [0.15, 0.2) is 18.2 Å². The smallest absolute Gasteiger partial charge is 0.225 e. The lowest BCUT2D eigenvalue weighted by Crippen LogP contribution is -2.32. The van der Waals surface area contributed by atoms with E-state index in [1.165, 1.54) is 0 Å². The van der Waals surface area contributed by atoms with E-state index in [0.717, 1.165) is 5.56 Å². The van der Waals surface area contributed by atoms with Gasteiger partial charge in [0.2, 0.25) is 5.91 Å². The largest absolute Gasteiger partial charge is 0.496 e. The molecule has 116 valence electrons. The van der Waals surface area contributed by atoms with E-state index in [2.05, 4.69) is 0 Å². The van der Waals surface area contributed by atoms with Gasteiger partial charge in [-0.1, -0.05) is 11.6 Å². The van der Waals surface area contributed by atoms with Crippen molar-refractivity contribution in [2.45, 2.75) is 31.5 Å². The van der Waals surface area contributed by atoms with Crippen LogP contribution in [0.3, 0.4) is 0 Å². The molecule has 0 heterocycles. The molecule has 1 amide bonds. The fourth-order valence-corrected chi connectivity index (χ4v) is 2.96. The number of hydrogen-bond donors (Lipinski definition) is 2. The number of carbonyl (C=O) groups excluding carboxylic acids is 1. The van der Waals surface area contributed by atoms with E-state index in [1.54, 1.807) is 37.3 Å². The summed E-state index contributed by atoms with van der Waals surface area (Å²) in [5.74, 6) is 0.469. The summed E-state index contributed by atoms with van der Waals surface area (Å²) in [6.07, 6.45) is 0.363. The Kier molecular flexibility index (Phi) is 5.08. The zero-order valence-corrected chi connectivity index (χ0v) is 13.0. The maximum absolute atomic E-state index is 12.4. The Morgan fingerprint density at radius 3 is 2.81 bits per heavy atom. The van der Waals surface area contributed by atoms with Gasteiger partial charge in [-0.25, -0.2) is 0 Å². The molecule has 5 nitrogen and oxygen atoms in total. The maximum Gasteiger partial charge on any atom is 0.225 e. The number of aliphatic hydroxyl groups is 1. The zero-order chi connectivity index (χ0) is 15.6. The number of aliphatic hydroxyl groups excluding tert-OH is 1. The molecule has 0 aliphatic heterocycles. The number of hydrogen-bond acceptors (Lipinski definition) is 4. The first kappa shape index (κ1) is 16.1. The van der Waals surface area contributed by atoms with Gasteiger partial charge in [0.25, 0.3) is 0 Å². The molecule has 3 atom stereocenters. The minimum Gasteiger partial charge on any atom is -0.496 e. The van der Waals surface area contributed by atoms with E-state index in [-0.39, 0.29) is 17.9 Å². The summed E-state index contributed by atoms with van der Waals surface area (Å²) in [5.41, 5.74) is 6.62. The van der Waals surface area contributed by atoms with Crippen LogP contribution in [0.4, 0.5) is 0 Å². The number of nitrogens with zero attached hydrogens (tertiary/aromatic N) is 1. The Labute approximate surface area is 129 Å². The average Bonchev–Trinajstić information content (AvgIpc) is 2.78. The summed E-state index contributed by atoms with van der Waals surface area (Å²) < 4.78 is 5.28. The quantitative estimate of drug-likeness (QED) is 0.881. The second kappa shape index (κ2) is 6.64. The van der Waals surface area contributed by atoms with Crippen LogP contribution in [-0.4, -0.2) is 42.2 Å². The molecule has 1 aliphatic carbocycles. The summed E-state index contributed by atoms with van der Waals surface area (Å²) in [4.78, 5) is 14.0. The molecule has 1 aromatic carbocycles. The highest BCUT2D eigenvalue weighted by Gasteiger charge is 2.36. The molecule has 3 N–H and O–H groups in total. The van der Waals surface area contributed by atoms with E-state index in [4.69, 9.17) is 22.1 Å². The maximum atomic E-state index is 12.4. The molecule has 1 aliphatic rings. The molecular formula is C15H21ClN2O3. The van der Waals surface area contributed by atoms with Crippen molar-refractivity contribution < 1.29 is 14.6 Å². The van der Waals surface area contributed by atoms with Crippen LogP contribution < -0.4 is 10.5 Å². The van der Waals surface area contributed by atoms with Gasteiger partial charge in [0.1, 0.15) is 5.75 Å². The van der Waals surface area contributed by atoms with Gasteiger partial charge in [-0.2, -0.15) is 0 Å². The predicted molar refractivity (Wildman–Crippen MR) is 81.2 cm³/mol. The van der Waals surface area contributed by atoms with Crippen LogP contribution in [0.1, 0.15) is 18.4 Å². The number of rotatable bonds is 4. The van der Waals surface area contributed by atoms with Gasteiger partial charge in [-0.05, 0) is 31.0 Å². The highest BCUT2D eigenvalue weighted by Crippen LogP contribution is 2.28. The molecule has 0 unspecified atom stereocenters. The molecule has 1 saturated carbocycles. The van der Waals surface area contributed by atoms with Crippen molar-refractivity contribution >= 4 is 17.5 Å². The number of halogens is 1. The van der Waals surface area contributed by atoms with Crippen molar-refractivity contribution in [3.8, 4) is 5.75 Å². The molecule has 0 radical (unpaired) electrons. The molecule has 1 fully saturated rings. The number of nitrogens with two attached hydrogens (primary N) is 1. The Morgan fingerprint density at radius 2 is 2.24 bits per heavy atom. The third kappa shape index (κ3) is 3.67. The van der Waals surface area contributed by atoms with Crippen LogP contribution in [0, 0.1) is 5.92 Å². The number of methoxy groups -OCH3 is 1. The Balaban J connectivity index is 2.06. The number of benzene rings is 1. The van der Waals surface area contributed by atoms with E-state index < -0.39 is 6.10 Å². The summed E-state index contributed by atoms with van der Waals surface area (Å²) in [5, 5.41) is 10.3. The Hall–Kier alpha value is -1.30. The fraction of sp³-hybridized carbons (Fsp3) is 0.533. The molecule has 0 spiro atoms. The van der Waals surface area contributed by atoms with Crippen molar-refractivity contribution in [2.75, 3.05) is 14.2 Å². The van der Waals surface area contributed by atoms with E-state index in [9.17, 15) is 9.90 Å². The lowest BCUT2D eigenvalue weighted by Gasteiger charge is -2.22. The lowest BCUT2D eigenvalue weighted by atomic mass is 10.1. The molecule has 0 bridgehead atoms. The Morgan fingerprint density at radius 1 is 1.52 bits per heavy atom. The third-order valence-electron chi connectivity index (χ3n) is 3.95. The van der Waals surface area contributed by atoms with Gasteiger partial charge in [0.05, 0.1) is 13.2 Å². The fourth-order valence-electron chi connectivity index (χ4n) is 2.77. The second-order valence-electron chi connectivity index (χ2n) is 5.55. The van der Waals surface area contributed by atoms with Crippen molar-refractivity contribution in [1.82, 2.24) is 4.90 Å². The van der Waals surface area contributed by atoms with E-state index >= 15 is 0 Å². The second-order valence-corrected chi connectivity index (χ2v) is 5.99. The molecule has 6 heteroatoms. The summed E-state index contributed by atoms with van der Waals surface area (Å²) in [6, 6.07) is 5.01. The van der Waals surface area contributed by atoms with Crippen LogP contribution in [0.5, 0.6) is 5.75 Å². The zero-order valence-electron chi connectivity index (χ0n) is 12.3. The molecule has 0 aromatic heterocycles. The standard InChI is InChI=1S/C15H21ClN2O3/c1-18(15(20)9-6-12(17)13(19)7-9)8-10-5-11(16)3-4-14(10)21-2/h3-5,9,12-13,19H,6-8,17H2,1-2H3/t9-,12+,13+/m0/s1. The van der Waals surface area contributed by atoms with Crippen LogP contribution in [0.2, 0.25) is 5.02 Å². The highest BCUT2D eigenvalue weighted by molar-refractivity contribution is 6.30. The van der Waals surface area contributed by atoms with E-state index in [1.807, 2.05) is 0 Å². The van der Waals surface area contributed by atoms with Crippen molar-refractivity contribution in [2.24, 2.45) is 11.7 Å². The van der Waals surface area contributed by atoms with Crippen molar-refractivity contribution in [1.29, 1.82) is 0 Å². The number of carbonyl (C=O) groups is 1. The highest BCUT2D eigenvalue weighted by atomic mass is 35.5. The molecule has 0 saturated heterocycles. The minimum atomic E-state index is -0.590. The summed E-state index contributed by atoms with van der Waals surface area (Å²) >= 11 is 5.99. The van der Waals surface area contributed by atoms with Crippen molar-refractivity contribution in [3.63, 3.8) is 0 Å². The van der Waals surface area contributed by atoms with Gasteiger partial charge < -0.3 is 20.5 Å². The number of amides is 1. The Bertz CT molecular complexity index is 514. The predicted octanol–water partition coefficient (Wildman–Crippen LogP) is 1.41. The summed E-state index contributed by atoms with van der Waals surface area (Å²) in [6.45, 7) is 0.407. The SMILES string of the molecule is COc1ccc(Cl)cc1CN(C)C(=O)[C@H]1C[C@@H](N)[C@H](O)C1. The molecular weight excluding hydrogens is 292 g/mol.